The molecular formula is C23H32N6OS. The summed E-state index contributed by atoms with van der Waals surface area (Å²) in [4.78, 5) is 12.8. The Balaban J connectivity index is 1.75. The molecule has 3 rings (SSSR count). The Hall–Kier alpha value is -2.61. The molecule has 0 aliphatic heterocycles. The van der Waals surface area contributed by atoms with Gasteiger partial charge in [0, 0.05) is 11.5 Å². The zero-order valence-corrected chi connectivity index (χ0v) is 20.2. The smallest absolute Gasteiger partial charge is 0.235 e. The number of nitrogens with one attached hydrogen (secondary N) is 1. The third-order valence-corrected chi connectivity index (χ3v) is 5.80. The van der Waals surface area contributed by atoms with Gasteiger partial charge in [-0.3, -0.25) is 9.36 Å². The van der Waals surface area contributed by atoms with Crippen LogP contribution in [0.1, 0.15) is 59.7 Å². The highest BCUT2D eigenvalue weighted by atomic mass is 32.2. The Kier molecular flexibility index (Phi) is 6.59. The third kappa shape index (κ3) is 5.36. The van der Waals surface area contributed by atoms with Crippen molar-refractivity contribution in [1.82, 2.24) is 24.5 Å². The fraction of sp³-hybridized carbons (Fsp3) is 0.478. The van der Waals surface area contributed by atoms with E-state index in [4.69, 9.17) is 5.10 Å². The second-order valence-electron chi connectivity index (χ2n) is 9.55. The fourth-order valence-corrected chi connectivity index (χ4v) is 3.91. The molecule has 0 atom stereocenters. The summed E-state index contributed by atoms with van der Waals surface area (Å²) >= 11 is 1.37. The molecule has 0 unspecified atom stereocenters. The van der Waals surface area contributed by atoms with Gasteiger partial charge >= 0.3 is 0 Å². The van der Waals surface area contributed by atoms with Gasteiger partial charge in [0.05, 0.1) is 22.7 Å². The Morgan fingerprint density at radius 1 is 1.13 bits per heavy atom. The lowest BCUT2D eigenvalue weighted by Gasteiger charge is -2.23. The van der Waals surface area contributed by atoms with Crippen LogP contribution in [0.2, 0.25) is 0 Å². The van der Waals surface area contributed by atoms with Crippen molar-refractivity contribution in [2.75, 3.05) is 11.1 Å². The lowest BCUT2D eigenvalue weighted by Crippen LogP contribution is -2.27. The Bertz CT molecular complexity index is 1050. The molecule has 0 saturated carbocycles. The predicted molar refractivity (Wildman–Crippen MR) is 126 cm³/mol. The van der Waals surface area contributed by atoms with Gasteiger partial charge in [0.1, 0.15) is 12.1 Å². The van der Waals surface area contributed by atoms with Gasteiger partial charge in [0.15, 0.2) is 5.16 Å². The number of hydrogen-bond acceptors (Lipinski definition) is 5. The van der Waals surface area contributed by atoms with Crippen LogP contribution in [-0.4, -0.2) is 36.2 Å². The number of carbonyl (C=O) groups is 1. The average molecular weight is 441 g/mol. The first kappa shape index (κ1) is 23.1. The van der Waals surface area contributed by atoms with Crippen LogP contribution in [0.5, 0.6) is 0 Å². The monoisotopic (exact) mass is 440 g/mol. The van der Waals surface area contributed by atoms with E-state index in [1.165, 1.54) is 17.3 Å². The lowest BCUT2D eigenvalue weighted by atomic mass is 9.92. The molecule has 3 aromatic rings. The van der Waals surface area contributed by atoms with Gasteiger partial charge in [0.2, 0.25) is 5.91 Å². The third-order valence-electron chi connectivity index (χ3n) is 4.86. The van der Waals surface area contributed by atoms with Crippen molar-refractivity contribution < 1.29 is 4.79 Å². The van der Waals surface area contributed by atoms with Crippen molar-refractivity contribution in [3.8, 4) is 5.69 Å². The van der Waals surface area contributed by atoms with Gasteiger partial charge in [-0.2, -0.15) is 5.10 Å². The second-order valence-corrected chi connectivity index (χ2v) is 10.5. The zero-order valence-electron chi connectivity index (χ0n) is 19.4. The maximum atomic E-state index is 12.8. The van der Waals surface area contributed by atoms with Gasteiger partial charge in [0.25, 0.3) is 0 Å². The summed E-state index contributed by atoms with van der Waals surface area (Å²) in [5, 5.41) is 16.8. The topological polar surface area (TPSA) is 77.6 Å². The van der Waals surface area contributed by atoms with Crippen LogP contribution in [-0.2, 0) is 22.2 Å². The van der Waals surface area contributed by atoms with Crippen LogP contribution in [0.15, 0.2) is 41.8 Å². The SMILES string of the molecule is CCc1ccccc1-n1cnnc1SCC(=O)Nc1cc(C(C)(C)C)nn1C(C)(C)C. The highest BCUT2D eigenvalue weighted by Gasteiger charge is 2.26. The predicted octanol–water partition coefficient (Wildman–Crippen LogP) is 4.81. The van der Waals surface area contributed by atoms with Crippen LogP contribution in [0.25, 0.3) is 5.69 Å². The quantitative estimate of drug-likeness (QED) is 0.557. The van der Waals surface area contributed by atoms with E-state index in [1.54, 1.807) is 6.33 Å². The summed E-state index contributed by atoms with van der Waals surface area (Å²) in [5.41, 5.74) is 2.84. The van der Waals surface area contributed by atoms with Crippen molar-refractivity contribution in [3.63, 3.8) is 0 Å². The summed E-state index contributed by atoms with van der Waals surface area (Å²) in [6.07, 6.45) is 2.60. The van der Waals surface area contributed by atoms with E-state index in [0.717, 1.165) is 17.8 Å². The number of carbonyl (C=O) groups excluding carboxylic acids is 1. The molecule has 8 heteroatoms. The van der Waals surface area contributed by atoms with Crippen molar-refractivity contribution in [2.24, 2.45) is 0 Å². The summed E-state index contributed by atoms with van der Waals surface area (Å²) in [6.45, 7) is 14.7. The van der Waals surface area contributed by atoms with Gasteiger partial charge in [-0.1, -0.05) is 57.7 Å². The average Bonchev–Trinajstić information content (AvgIpc) is 3.32. The van der Waals surface area contributed by atoms with Gasteiger partial charge < -0.3 is 5.32 Å². The first-order valence-electron chi connectivity index (χ1n) is 10.5. The molecular weight excluding hydrogens is 408 g/mol. The number of thioether (sulfide) groups is 1. The van der Waals surface area contributed by atoms with E-state index in [0.29, 0.717) is 11.0 Å². The lowest BCUT2D eigenvalue weighted by molar-refractivity contribution is -0.113. The summed E-state index contributed by atoms with van der Waals surface area (Å²) in [6, 6.07) is 10.1. The largest absolute Gasteiger partial charge is 0.310 e. The van der Waals surface area contributed by atoms with E-state index < -0.39 is 0 Å². The number of para-hydroxylation sites is 1. The number of aryl methyl sites for hydroxylation is 1. The fourth-order valence-electron chi connectivity index (χ4n) is 3.19. The molecule has 2 heterocycles. The second kappa shape index (κ2) is 8.86. The summed E-state index contributed by atoms with van der Waals surface area (Å²) < 4.78 is 3.82. The molecule has 0 aliphatic carbocycles. The number of aromatic nitrogens is 5. The van der Waals surface area contributed by atoms with Crippen LogP contribution in [0.4, 0.5) is 5.82 Å². The van der Waals surface area contributed by atoms with E-state index in [1.807, 2.05) is 33.5 Å². The van der Waals surface area contributed by atoms with Crippen LogP contribution < -0.4 is 5.32 Å². The molecule has 0 bridgehead atoms. The Morgan fingerprint density at radius 2 is 1.84 bits per heavy atom. The van der Waals surface area contributed by atoms with Crippen molar-refractivity contribution >= 4 is 23.5 Å². The minimum Gasteiger partial charge on any atom is -0.310 e. The zero-order chi connectivity index (χ0) is 22.8. The standard InChI is InChI=1S/C23H32N6OS/c1-8-16-11-9-10-12-17(16)28-15-24-26-21(28)31-14-20(30)25-19-13-18(22(2,3)4)27-29(19)23(5,6)7/h9-13,15H,8,14H2,1-7H3,(H,25,30). The Labute approximate surface area is 188 Å². The van der Waals surface area contributed by atoms with Crippen molar-refractivity contribution in [3.05, 3.63) is 47.9 Å². The summed E-state index contributed by atoms with van der Waals surface area (Å²) in [7, 11) is 0. The molecule has 1 N–H and O–H groups in total. The Morgan fingerprint density at radius 3 is 2.48 bits per heavy atom. The molecule has 0 radical (unpaired) electrons. The maximum absolute atomic E-state index is 12.8. The number of anilines is 1. The first-order chi connectivity index (χ1) is 14.5. The molecule has 7 nitrogen and oxygen atoms in total. The maximum Gasteiger partial charge on any atom is 0.235 e. The number of hydrogen-bond donors (Lipinski definition) is 1. The molecule has 1 aromatic carbocycles. The van der Waals surface area contributed by atoms with Gasteiger partial charge in [-0.05, 0) is 38.8 Å². The van der Waals surface area contributed by atoms with Crippen LogP contribution in [0.3, 0.4) is 0 Å². The van der Waals surface area contributed by atoms with Gasteiger partial charge in [-0.25, -0.2) is 4.68 Å². The first-order valence-corrected chi connectivity index (χ1v) is 11.5. The number of rotatable bonds is 6. The minimum atomic E-state index is -0.247. The summed E-state index contributed by atoms with van der Waals surface area (Å²) in [5.74, 6) is 0.836. The van der Waals surface area contributed by atoms with Crippen molar-refractivity contribution in [2.45, 2.75) is 71.0 Å². The van der Waals surface area contributed by atoms with E-state index in [2.05, 4.69) is 70.0 Å². The molecule has 0 saturated heterocycles. The van der Waals surface area contributed by atoms with E-state index in [9.17, 15) is 4.79 Å². The molecule has 1 amide bonds. The highest BCUT2D eigenvalue weighted by molar-refractivity contribution is 7.99. The van der Waals surface area contributed by atoms with Crippen LogP contribution in [0, 0.1) is 0 Å². The number of nitrogens with zero attached hydrogens (tertiary/aromatic N) is 5. The van der Waals surface area contributed by atoms with E-state index >= 15 is 0 Å². The molecule has 31 heavy (non-hydrogen) atoms. The highest BCUT2D eigenvalue weighted by Crippen LogP contribution is 2.29. The molecule has 0 fully saturated rings. The molecule has 166 valence electrons. The molecule has 2 aromatic heterocycles. The van der Waals surface area contributed by atoms with Crippen LogP contribution >= 0.6 is 11.8 Å². The number of amides is 1. The van der Waals surface area contributed by atoms with E-state index in [-0.39, 0.29) is 22.6 Å². The molecule has 0 aliphatic rings. The normalized spacial score (nSPS) is 12.2. The molecule has 0 spiro atoms. The van der Waals surface area contributed by atoms with Gasteiger partial charge in [-0.15, -0.1) is 10.2 Å². The number of benzene rings is 1. The van der Waals surface area contributed by atoms with Crippen molar-refractivity contribution in [1.29, 1.82) is 0 Å². The minimum absolute atomic E-state index is 0.103.